The molecule has 1 aliphatic rings. The van der Waals surface area contributed by atoms with Crippen LogP contribution in [-0.2, 0) is 12.7 Å². The number of amides is 1. The van der Waals surface area contributed by atoms with Gasteiger partial charge < -0.3 is 15.2 Å². The van der Waals surface area contributed by atoms with Crippen LogP contribution in [0.2, 0.25) is 5.02 Å². The number of alkyl halides is 3. The maximum absolute atomic E-state index is 14.0. The van der Waals surface area contributed by atoms with Gasteiger partial charge in [0.25, 0.3) is 5.91 Å². The van der Waals surface area contributed by atoms with Gasteiger partial charge in [-0.2, -0.15) is 13.2 Å². The molecule has 0 unspecified atom stereocenters. The molecule has 1 amide bonds. The summed E-state index contributed by atoms with van der Waals surface area (Å²) < 4.78 is 41.9. The first-order valence-electron chi connectivity index (χ1n) is 12.8. The van der Waals surface area contributed by atoms with Crippen molar-refractivity contribution in [3.05, 3.63) is 87.8 Å². The van der Waals surface area contributed by atoms with Gasteiger partial charge in [0, 0.05) is 67.8 Å². The topological polar surface area (TPSA) is 77.1 Å². The lowest BCUT2D eigenvalue weighted by atomic mass is 10.0. The van der Waals surface area contributed by atoms with Crippen LogP contribution < -0.4 is 5.32 Å². The van der Waals surface area contributed by atoms with Crippen molar-refractivity contribution in [1.82, 2.24) is 24.8 Å². The Morgan fingerprint density at radius 2 is 1.85 bits per heavy atom. The summed E-state index contributed by atoms with van der Waals surface area (Å²) in [4.78, 5) is 28.5. The molecule has 2 N–H and O–H groups in total. The zero-order valence-electron chi connectivity index (χ0n) is 21.6. The Bertz CT molecular complexity index is 1600. The van der Waals surface area contributed by atoms with E-state index in [0.717, 1.165) is 31.1 Å². The Morgan fingerprint density at radius 1 is 1.07 bits per heavy atom. The van der Waals surface area contributed by atoms with Gasteiger partial charge in [0.1, 0.15) is 11.5 Å². The van der Waals surface area contributed by atoms with Crippen LogP contribution in [0.3, 0.4) is 0 Å². The third kappa shape index (κ3) is 6.28. The van der Waals surface area contributed by atoms with Crippen molar-refractivity contribution in [2.24, 2.45) is 0 Å². The lowest BCUT2D eigenvalue weighted by Gasteiger charge is -2.34. The Hall–Kier alpha value is -3.91. The van der Waals surface area contributed by atoms with Gasteiger partial charge in [-0.15, -0.1) is 0 Å². The molecule has 1 aromatic carbocycles. The van der Waals surface area contributed by atoms with Gasteiger partial charge in [-0.1, -0.05) is 36.4 Å². The summed E-state index contributed by atoms with van der Waals surface area (Å²) in [6.07, 6.45) is 0.158. The van der Waals surface area contributed by atoms with Gasteiger partial charge in [0.05, 0.1) is 16.1 Å². The maximum atomic E-state index is 14.0. The number of carbonyl (C=O) groups is 1. The van der Waals surface area contributed by atoms with Crippen LogP contribution in [0.4, 0.5) is 19.0 Å². The quantitative estimate of drug-likeness (QED) is 0.316. The Kier molecular flexibility index (Phi) is 8.07. The molecule has 0 aliphatic carbocycles. The smallest absolute Gasteiger partial charge is 0.346 e. The second kappa shape index (κ2) is 11.7. The molecule has 0 atom stereocenters. The second-order valence-electron chi connectivity index (χ2n) is 9.44. The highest BCUT2D eigenvalue weighted by atomic mass is 35.5. The van der Waals surface area contributed by atoms with Gasteiger partial charge in [0.2, 0.25) is 0 Å². The summed E-state index contributed by atoms with van der Waals surface area (Å²) in [5, 5.41) is 3.79. The molecule has 4 heterocycles. The van der Waals surface area contributed by atoms with Crippen molar-refractivity contribution in [3.8, 4) is 11.8 Å². The molecule has 0 spiro atoms. The molecular weight excluding hydrogens is 541 g/mol. The van der Waals surface area contributed by atoms with Gasteiger partial charge in [-0.3, -0.25) is 9.69 Å². The number of nitrogens with one attached hydrogen (secondary N) is 2. The molecular formula is C29H26ClF3N6O. The number of piperazine rings is 1. The van der Waals surface area contributed by atoms with E-state index in [4.69, 9.17) is 11.6 Å². The molecule has 3 aromatic heterocycles. The number of hydrogen-bond donors (Lipinski definition) is 2. The molecule has 0 saturated carbocycles. The SMILES string of the molecule is CCN1CCN(Cc2ccc(C(=O)Nc3cc(C#Cc4cnc5[nH]ccc5c4Cl)ccn3)cc2C(F)(F)F)CC1. The van der Waals surface area contributed by atoms with Crippen molar-refractivity contribution in [2.45, 2.75) is 19.6 Å². The van der Waals surface area contributed by atoms with Crippen molar-refractivity contribution in [3.63, 3.8) is 0 Å². The average Bonchev–Trinajstić information content (AvgIpc) is 3.43. The molecule has 4 aromatic rings. The molecule has 40 heavy (non-hydrogen) atoms. The zero-order chi connectivity index (χ0) is 28.3. The first-order chi connectivity index (χ1) is 19.2. The fourth-order valence-electron chi connectivity index (χ4n) is 4.59. The number of nitrogens with zero attached hydrogens (tertiary/aromatic N) is 4. The highest BCUT2D eigenvalue weighted by Crippen LogP contribution is 2.34. The number of rotatable bonds is 5. The van der Waals surface area contributed by atoms with Crippen molar-refractivity contribution >= 4 is 34.4 Å². The highest BCUT2D eigenvalue weighted by Gasteiger charge is 2.34. The van der Waals surface area contributed by atoms with Crippen LogP contribution in [0.1, 0.15) is 39.5 Å². The number of hydrogen-bond acceptors (Lipinski definition) is 5. The number of carbonyl (C=O) groups excluding carboxylic acids is 1. The summed E-state index contributed by atoms with van der Waals surface area (Å²) >= 11 is 6.42. The monoisotopic (exact) mass is 566 g/mol. The molecule has 5 rings (SSSR count). The summed E-state index contributed by atoms with van der Waals surface area (Å²) in [5.74, 6) is 5.39. The summed E-state index contributed by atoms with van der Waals surface area (Å²) in [6, 6.07) is 8.70. The van der Waals surface area contributed by atoms with Crippen LogP contribution in [0.15, 0.2) is 55.0 Å². The van der Waals surface area contributed by atoms with Crippen LogP contribution >= 0.6 is 11.6 Å². The largest absolute Gasteiger partial charge is 0.416 e. The predicted molar refractivity (Wildman–Crippen MR) is 148 cm³/mol. The van der Waals surface area contributed by atoms with E-state index in [1.807, 2.05) is 4.90 Å². The summed E-state index contributed by atoms with van der Waals surface area (Å²) in [7, 11) is 0. The first-order valence-corrected chi connectivity index (χ1v) is 13.1. The summed E-state index contributed by atoms with van der Waals surface area (Å²) in [6.45, 7) is 6.20. The number of aromatic amines is 1. The zero-order valence-corrected chi connectivity index (χ0v) is 22.4. The number of H-pyrrole nitrogens is 1. The number of anilines is 1. The van der Waals surface area contributed by atoms with Crippen LogP contribution in [-0.4, -0.2) is 63.4 Å². The standard InChI is InChI=1S/C29H26ClF3N6O/c1-2-38-11-13-39(14-12-38)18-22-6-5-20(16-24(22)29(31,32)33)28(40)37-25-15-19(7-9-34-25)3-4-21-17-36-27-23(26(21)30)8-10-35-27/h5-10,15-17H,2,11-14,18H2,1H3,(H,35,36)(H,34,37,40). The Morgan fingerprint density at radius 3 is 2.60 bits per heavy atom. The third-order valence-corrected chi connectivity index (χ3v) is 7.25. The van der Waals surface area contributed by atoms with Crippen LogP contribution in [0.25, 0.3) is 11.0 Å². The highest BCUT2D eigenvalue weighted by molar-refractivity contribution is 6.36. The normalized spacial score (nSPS) is 14.6. The predicted octanol–water partition coefficient (Wildman–Crippen LogP) is 5.42. The van der Waals surface area contributed by atoms with Crippen molar-refractivity contribution in [2.75, 3.05) is 38.0 Å². The van der Waals surface area contributed by atoms with E-state index in [-0.39, 0.29) is 23.5 Å². The fourth-order valence-corrected chi connectivity index (χ4v) is 4.84. The van der Waals surface area contributed by atoms with Gasteiger partial charge >= 0.3 is 6.18 Å². The number of likely N-dealkylation sites (N-methyl/N-ethyl adjacent to an activating group) is 1. The van der Waals surface area contributed by atoms with Gasteiger partial charge in [-0.05, 0) is 42.4 Å². The molecule has 206 valence electrons. The van der Waals surface area contributed by atoms with E-state index in [9.17, 15) is 18.0 Å². The fraction of sp³-hybridized carbons (Fsp3) is 0.276. The maximum Gasteiger partial charge on any atom is 0.416 e. The van der Waals surface area contributed by atoms with Crippen molar-refractivity contribution < 1.29 is 18.0 Å². The molecule has 1 fully saturated rings. The Balaban J connectivity index is 1.31. The van der Waals surface area contributed by atoms with E-state index in [2.05, 4.69) is 43.9 Å². The van der Waals surface area contributed by atoms with E-state index in [1.54, 1.807) is 24.5 Å². The lowest BCUT2D eigenvalue weighted by molar-refractivity contribution is -0.138. The lowest BCUT2D eigenvalue weighted by Crippen LogP contribution is -2.45. The molecule has 1 aliphatic heterocycles. The number of benzene rings is 1. The van der Waals surface area contributed by atoms with Crippen molar-refractivity contribution in [1.29, 1.82) is 0 Å². The summed E-state index contributed by atoms with van der Waals surface area (Å²) in [5.41, 5.74) is 0.947. The molecule has 0 radical (unpaired) electrons. The minimum Gasteiger partial charge on any atom is -0.346 e. The molecule has 7 nitrogen and oxygen atoms in total. The minimum absolute atomic E-state index is 0.108. The van der Waals surface area contributed by atoms with Gasteiger partial charge in [0.15, 0.2) is 0 Å². The Labute approximate surface area is 234 Å². The van der Waals surface area contributed by atoms with E-state index in [1.165, 1.54) is 24.4 Å². The van der Waals surface area contributed by atoms with E-state index >= 15 is 0 Å². The average molecular weight is 567 g/mol. The molecule has 0 bridgehead atoms. The number of halogens is 4. The van der Waals surface area contributed by atoms with E-state index < -0.39 is 17.6 Å². The number of aromatic nitrogens is 3. The molecule has 1 saturated heterocycles. The molecule has 11 heteroatoms. The van der Waals surface area contributed by atoms with Crippen LogP contribution in [0, 0.1) is 11.8 Å². The number of fused-ring (bicyclic) bond motifs is 1. The van der Waals surface area contributed by atoms with Crippen LogP contribution in [0.5, 0.6) is 0 Å². The minimum atomic E-state index is -4.59. The van der Waals surface area contributed by atoms with E-state index in [0.29, 0.717) is 34.9 Å². The third-order valence-electron chi connectivity index (χ3n) is 6.85. The van der Waals surface area contributed by atoms with Gasteiger partial charge in [-0.25, -0.2) is 9.97 Å². The number of pyridine rings is 2. The second-order valence-corrected chi connectivity index (χ2v) is 9.82. The first kappa shape index (κ1) is 27.6.